The van der Waals surface area contributed by atoms with Crippen molar-refractivity contribution < 1.29 is 14.0 Å². The Hall–Kier alpha value is -3.37. The van der Waals surface area contributed by atoms with Gasteiger partial charge in [-0.1, -0.05) is 23.9 Å². The van der Waals surface area contributed by atoms with Gasteiger partial charge >= 0.3 is 0 Å². The lowest BCUT2D eigenvalue weighted by molar-refractivity contribution is -0.113. The van der Waals surface area contributed by atoms with E-state index in [-0.39, 0.29) is 11.7 Å². The number of nitrogens with zero attached hydrogens (tertiary/aromatic N) is 3. The lowest BCUT2D eigenvalue weighted by atomic mass is 10.1. The molecule has 4 aromatic heterocycles. The number of amides is 2. The quantitative estimate of drug-likeness (QED) is 0.381. The summed E-state index contributed by atoms with van der Waals surface area (Å²) in [6, 6.07) is 9.73. The van der Waals surface area contributed by atoms with Gasteiger partial charge in [0.1, 0.15) is 10.6 Å². The largest absolute Gasteiger partial charge is 0.463 e. The molecule has 0 radical (unpaired) electrons. The first-order valence-electron chi connectivity index (χ1n) is 10.1. The maximum Gasteiger partial charge on any atom is 0.251 e. The fourth-order valence-corrected chi connectivity index (χ4v) is 6.41. The summed E-state index contributed by atoms with van der Waals surface area (Å²) < 4.78 is 7.62. The summed E-state index contributed by atoms with van der Waals surface area (Å²) >= 11 is 2.74. The van der Waals surface area contributed by atoms with Crippen LogP contribution in [0.1, 0.15) is 27.2 Å². The number of primary amides is 1. The maximum atomic E-state index is 12.7. The SMILES string of the molecule is NC(=O)c1c(NC(=O)CSc2nnc3c4ccoc4c4ccccc4n23)sc2c1CCC2. The smallest absolute Gasteiger partial charge is 0.251 e. The molecule has 0 atom stereocenters. The lowest BCUT2D eigenvalue weighted by Gasteiger charge is -2.07. The fourth-order valence-electron chi connectivity index (χ4n) is 4.36. The minimum absolute atomic E-state index is 0.124. The highest BCUT2D eigenvalue weighted by Crippen LogP contribution is 2.39. The number of thiophene rings is 1. The molecule has 4 heterocycles. The van der Waals surface area contributed by atoms with E-state index in [0.29, 0.717) is 21.4 Å². The van der Waals surface area contributed by atoms with Gasteiger partial charge in [-0.3, -0.25) is 14.0 Å². The van der Waals surface area contributed by atoms with Crippen LogP contribution in [0.25, 0.3) is 27.5 Å². The molecule has 8 nitrogen and oxygen atoms in total. The van der Waals surface area contributed by atoms with Crippen molar-refractivity contribution in [3.63, 3.8) is 0 Å². The Labute approximate surface area is 189 Å². The van der Waals surface area contributed by atoms with Gasteiger partial charge in [-0.25, -0.2) is 0 Å². The van der Waals surface area contributed by atoms with E-state index >= 15 is 0 Å². The summed E-state index contributed by atoms with van der Waals surface area (Å²) in [4.78, 5) is 25.8. The number of thioether (sulfide) groups is 1. The number of aromatic nitrogens is 3. The molecule has 3 N–H and O–H groups in total. The molecule has 2 amide bonds. The van der Waals surface area contributed by atoms with Crippen molar-refractivity contribution >= 4 is 67.4 Å². The second-order valence-corrected chi connectivity index (χ2v) is 9.63. The van der Waals surface area contributed by atoms with Crippen LogP contribution in [0.3, 0.4) is 0 Å². The molecule has 6 rings (SSSR count). The van der Waals surface area contributed by atoms with Crippen LogP contribution in [0, 0.1) is 0 Å². The molecular formula is C22H17N5O3S2. The van der Waals surface area contributed by atoms with Crippen LogP contribution >= 0.6 is 23.1 Å². The van der Waals surface area contributed by atoms with Crippen molar-refractivity contribution in [3.05, 3.63) is 52.6 Å². The Morgan fingerprint density at radius 3 is 2.94 bits per heavy atom. The number of nitrogens with one attached hydrogen (secondary N) is 1. The molecule has 5 aromatic rings. The molecule has 1 aliphatic carbocycles. The number of benzene rings is 1. The van der Waals surface area contributed by atoms with Crippen molar-refractivity contribution in [1.82, 2.24) is 14.6 Å². The van der Waals surface area contributed by atoms with Crippen LogP contribution in [-0.2, 0) is 17.6 Å². The van der Waals surface area contributed by atoms with Gasteiger partial charge in [0.05, 0.1) is 28.5 Å². The van der Waals surface area contributed by atoms with E-state index in [9.17, 15) is 9.59 Å². The topological polar surface area (TPSA) is 116 Å². The molecule has 0 unspecified atom stereocenters. The van der Waals surface area contributed by atoms with Crippen molar-refractivity contribution in [2.45, 2.75) is 24.4 Å². The number of pyridine rings is 1. The first-order chi connectivity index (χ1) is 15.6. The van der Waals surface area contributed by atoms with Crippen LogP contribution in [-0.4, -0.2) is 32.2 Å². The minimum Gasteiger partial charge on any atom is -0.463 e. The summed E-state index contributed by atoms with van der Waals surface area (Å²) in [5.74, 6) is -0.589. The number of carbonyl (C=O) groups excluding carboxylic acids is 2. The van der Waals surface area contributed by atoms with E-state index in [1.54, 1.807) is 6.26 Å². The molecule has 1 aromatic carbocycles. The normalized spacial score (nSPS) is 13.2. The average Bonchev–Trinajstić information content (AvgIpc) is 3.54. The van der Waals surface area contributed by atoms with E-state index in [1.165, 1.54) is 23.1 Å². The van der Waals surface area contributed by atoms with Gasteiger partial charge in [-0.05, 0) is 43.0 Å². The van der Waals surface area contributed by atoms with Gasteiger partial charge in [-0.15, -0.1) is 21.5 Å². The number of carbonyl (C=O) groups is 2. The number of nitrogens with two attached hydrogens (primary N) is 1. The number of fused-ring (bicyclic) bond motifs is 7. The number of anilines is 1. The van der Waals surface area contributed by atoms with Gasteiger partial charge in [0.25, 0.3) is 5.91 Å². The maximum absolute atomic E-state index is 12.7. The zero-order valence-corrected chi connectivity index (χ0v) is 18.4. The number of hydrogen-bond acceptors (Lipinski definition) is 7. The molecule has 1 aliphatic rings. The molecule has 32 heavy (non-hydrogen) atoms. The average molecular weight is 464 g/mol. The zero-order chi connectivity index (χ0) is 21.8. The third-order valence-electron chi connectivity index (χ3n) is 5.68. The Morgan fingerprint density at radius 2 is 2.06 bits per heavy atom. The van der Waals surface area contributed by atoms with Gasteiger partial charge in [0.15, 0.2) is 10.8 Å². The Kier molecular flexibility index (Phi) is 4.44. The lowest BCUT2D eigenvalue weighted by Crippen LogP contribution is -2.19. The standard InChI is InChI=1S/C22H17N5O3S2/c23-19(29)17-12-5-3-7-15(12)32-21(17)24-16(28)10-31-22-26-25-20-13-8-9-30-18(13)11-4-1-2-6-14(11)27(20)22/h1-2,4,6,8-9H,3,5,7,10H2,(H2,23,29)(H,24,28). The summed E-state index contributed by atoms with van der Waals surface area (Å²) in [5.41, 5.74) is 9.39. The summed E-state index contributed by atoms with van der Waals surface area (Å²) in [6.45, 7) is 0. The molecular weight excluding hydrogens is 446 g/mol. The van der Waals surface area contributed by atoms with Crippen molar-refractivity contribution in [1.29, 1.82) is 0 Å². The highest BCUT2D eigenvalue weighted by atomic mass is 32.2. The second kappa shape index (κ2) is 7.35. The number of rotatable bonds is 5. The predicted molar refractivity (Wildman–Crippen MR) is 124 cm³/mol. The minimum atomic E-state index is -0.494. The fraction of sp³-hybridized carbons (Fsp3) is 0.182. The molecule has 0 bridgehead atoms. The van der Waals surface area contributed by atoms with Gasteiger partial charge in [0.2, 0.25) is 5.91 Å². The molecule has 10 heteroatoms. The predicted octanol–water partition coefficient (Wildman–Crippen LogP) is 4.01. The molecule has 0 aliphatic heterocycles. The number of para-hydroxylation sites is 1. The second-order valence-electron chi connectivity index (χ2n) is 7.58. The van der Waals surface area contributed by atoms with Crippen molar-refractivity contribution in [3.8, 4) is 0 Å². The van der Waals surface area contributed by atoms with Crippen LogP contribution in [0.15, 0.2) is 46.2 Å². The third-order valence-corrected chi connectivity index (χ3v) is 7.82. The Balaban J connectivity index is 1.30. The highest BCUT2D eigenvalue weighted by Gasteiger charge is 2.26. The summed E-state index contributed by atoms with van der Waals surface area (Å²) in [7, 11) is 0. The summed E-state index contributed by atoms with van der Waals surface area (Å²) in [6.07, 6.45) is 4.41. The highest BCUT2D eigenvalue weighted by molar-refractivity contribution is 7.99. The van der Waals surface area contributed by atoms with Gasteiger partial charge in [-0.2, -0.15) is 0 Å². The number of furan rings is 1. The van der Waals surface area contributed by atoms with E-state index in [1.807, 2.05) is 34.7 Å². The van der Waals surface area contributed by atoms with E-state index in [0.717, 1.165) is 51.6 Å². The monoisotopic (exact) mass is 463 g/mol. The van der Waals surface area contributed by atoms with Crippen LogP contribution in [0.5, 0.6) is 0 Å². The van der Waals surface area contributed by atoms with Crippen LogP contribution in [0.2, 0.25) is 0 Å². The number of aryl methyl sites for hydroxylation is 1. The van der Waals surface area contributed by atoms with E-state index in [4.69, 9.17) is 10.2 Å². The van der Waals surface area contributed by atoms with Gasteiger partial charge < -0.3 is 15.5 Å². The van der Waals surface area contributed by atoms with E-state index in [2.05, 4.69) is 15.5 Å². The van der Waals surface area contributed by atoms with Crippen molar-refractivity contribution in [2.75, 3.05) is 11.1 Å². The Bertz CT molecular complexity index is 1550. The number of hydrogen-bond donors (Lipinski definition) is 2. The van der Waals surface area contributed by atoms with Crippen LogP contribution in [0.4, 0.5) is 5.00 Å². The molecule has 0 fully saturated rings. The third kappa shape index (κ3) is 2.90. The van der Waals surface area contributed by atoms with E-state index < -0.39 is 5.91 Å². The van der Waals surface area contributed by atoms with Crippen molar-refractivity contribution in [2.24, 2.45) is 5.73 Å². The Morgan fingerprint density at radius 1 is 1.19 bits per heavy atom. The molecule has 160 valence electrons. The first kappa shape index (κ1) is 19.3. The molecule has 0 saturated carbocycles. The molecule has 0 saturated heterocycles. The first-order valence-corrected chi connectivity index (χ1v) is 11.9. The zero-order valence-electron chi connectivity index (χ0n) is 16.8. The van der Waals surface area contributed by atoms with Crippen LogP contribution < -0.4 is 11.1 Å². The summed E-state index contributed by atoms with van der Waals surface area (Å²) in [5, 5.41) is 14.5. The molecule has 0 spiro atoms. The van der Waals surface area contributed by atoms with Gasteiger partial charge in [0, 0.05) is 10.3 Å².